The summed E-state index contributed by atoms with van der Waals surface area (Å²) in [6.07, 6.45) is 4.90. The Balaban J connectivity index is 2.12. The molecule has 1 aromatic heterocycles. The minimum atomic E-state index is -3.34. The van der Waals surface area contributed by atoms with Crippen LogP contribution in [0.4, 0.5) is 0 Å². The third kappa shape index (κ3) is 3.56. The molecule has 1 fully saturated rings. The van der Waals surface area contributed by atoms with E-state index in [-0.39, 0.29) is 6.04 Å². The van der Waals surface area contributed by atoms with Crippen molar-refractivity contribution in [1.82, 2.24) is 4.31 Å². The Labute approximate surface area is 131 Å². The Morgan fingerprint density at radius 1 is 1.30 bits per heavy atom. The molecule has 1 aliphatic rings. The van der Waals surface area contributed by atoms with Crippen molar-refractivity contribution in [3.05, 3.63) is 17.0 Å². The summed E-state index contributed by atoms with van der Waals surface area (Å²) >= 11 is 7.05. The molecule has 0 aliphatic heterocycles. The molecule has 0 amide bonds. The monoisotopic (exact) mass is 335 g/mol. The highest BCUT2D eigenvalue weighted by molar-refractivity contribution is 7.91. The normalized spacial score (nSPS) is 24.2. The molecule has 0 unspecified atom stereocenters. The van der Waals surface area contributed by atoms with Crippen LogP contribution in [-0.4, -0.2) is 31.7 Å². The summed E-state index contributed by atoms with van der Waals surface area (Å²) in [5.74, 6) is 1.25. The van der Waals surface area contributed by atoms with Crippen LogP contribution in [0.1, 0.15) is 37.5 Å². The zero-order valence-electron chi connectivity index (χ0n) is 12.0. The van der Waals surface area contributed by atoms with Gasteiger partial charge in [-0.1, -0.05) is 6.92 Å². The fraction of sp³-hybridized carbons (Fsp3) is 0.714. The van der Waals surface area contributed by atoms with E-state index in [2.05, 4.69) is 6.92 Å². The van der Waals surface area contributed by atoms with Gasteiger partial charge in [0, 0.05) is 23.8 Å². The Kier molecular flexibility index (Phi) is 5.51. The van der Waals surface area contributed by atoms with Gasteiger partial charge >= 0.3 is 0 Å². The van der Waals surface area contributed by atoms with E-state index < -0.39 is 10.0 Å². The number of sulfonamides is 1. The summed E-state index contributed by atoms with van der Waals surface area (Å²) in [5, 5.41) is 0. The molecule has 0 radical (unpaired) electrons. The number of aryl methyl sites for hydroxylation is 1. The molecular formula is C14H22ClNO2S2. The van der Waals surface area contributed by atoms with Gasteiger partial charge in [-0.3, -0.25) is 0 Å². The first-order chi connectivity index (χ1) is 9.45. The number of halogens is 1. The summed E-state index contributed by atoms with van der Waals surface area (Å²) in [7, 11) is -1.63. The van der Waals surface area contributed by atoms with Crippen molar-refractivity contribution in [2.45, 2.75) is 49.3 Å². The molecule has 0 atom stereocenters. The van der Waals surface area contributed by atoms with Crippen LogP contribution in [0, 0.1) is 5.92 Å². The zero-order valence-corrected chi connectivity index (χ0v) is 14.4. The van der Waals surface area contributed by atoms with Gasteiger partial charge in [0.05, 0.1) is 0 Å². The number of nitrogens with zero attached hydrogens (tertiary/aromatic N) is 1. The number of hydrogen-bond acceptors (Lipinski definition) is 3. The van der Waals surface area contributed by atoms with E-state index in [0.29, 0.717) is 10.1 Å². The third-order valence-electron chi connectivity index (χ3n) is 4.11. The smallest absolute Gasteiger partial charge is 0.206 e. The Hall–Kier alpha value is -0.100. The first-order valence-electron chi connectivity index (χ1n) is 7.08. The summed E-state index contributed by atoms with van der Waals surface area (Å²) in [4.78, 5) is 1.03. The number of thiophene rings is 1. The van der Waals surface area contributed by atoms with Crippen molar-refractivity contribution in [2.24, 2.45) is 5.92 Å². The van der Waals surface area contributed by atoms with Crippen molar-refractivity contribution in [2.75, 3.05) is 12.9 Å². The standard InChI is InChI=1S/C14H22ClNO2S2/c1-11-3-5-12(6-4-11)16(2)20(17,18)14-8-7-13(19-14)9-10-15/h7-8,11-12H,3-6,9-10H2,1-2H3. The lowest BCUT2D eigenvalue weighted by Gasteiger charge is -2.32. The maximum Gasteiger partial charge on any atom is 0.252 e. The summed E-state index contributed by atoms with van der Waals surface area (Å²) in [6, 6.07) is 3.73. The lowest BCUT2D eigenvalue weighted by atomic mass is 9.87. The van der Waals surface area contributed by atoms with Gasteiger partial charge < -0.3 is 0 Å². The van der Waals surface area contributed by atoms with E-state index in [1.54, 1.807) is 17.4 Å². The fourth-order valence-corrected chi connectivity index (χ4v) is 5.94. The number of rotatable bonds is 5. The minimum Gasteiger partial charge on any atom is -0.206 e. The second-order valence-corrected chi connectivity index (χ2v) is 9.37. The van der Waals surface area contributed by atoms with E-state index in [1.807, 2.05) is 6.07 Å². The predicted octanol–water partition coefficient (Wildman–Crippen LogP) is 3.73. The highest BCUT2D eigenvalue weighted by Crippen LogP contribution is 2.31. The molecule has 0 spiro atoms. The van der Waals surface area contributed by atoms with Crippen molar-refractivity contribution in [3.8, 4) is 0 Å². The summed E-state index contributed by atoms with van der Waals surface area (Å²) < 4.78 is 27.3. The van der Waals surface area contributed by atoms with Crippen LogP contribution in [0.3, 0.4) is 0 Å². The van der Waals surface area contributed by atoms with Gasteiger partial charge in [0.1, 0.15) is 4.21 Å². The molecular weight excluding hydrogens is 314 g/mol. The van der Waals surface area contributed by atoms with Crippen LogP contribution in [-0.2, 0) is 16.4 Å². The minimum absolute atomic E-state index is 0.148. The maximum atomic E-state index is 12.6. The highest BCUT2D eigenvalue weighted by atomic mass is 35.5. The average Bonchev–Trinajstić information content (AvgIpc) is 2.88. The topological polar surface area (TPSA) is 37.4 Å². The first-order valence-corrected chi connectivity index (χ1v) is 9.87. The van der Waals surface area contributed by atoms with E-state index in [1.165, 1.54) is 11.3 Å². The molecule has 0 bridgehead atoms. The molecule has 0 N–H and O–H groups in total. The van der Waals surface area contributed by atoms with Crippen LogP contribution in [0.2, 0.25) is 0 Å². The molecule has 0 aromatic carbocycles. The summed E-state index contributed by atoms with van der Waals surface area (Å²) in [5.41, 5.74) is 0. The van der Waals surface area contributed by atoms with E-state index in [4.69, 9.17) is 11.6 Å². The van der Waals surface area contributed by atoms with Crippen molar-refractivity contribution in [3.63, 3.8) is 0 Å². The van der Waals surface area contributed by atoms with Gasteiger partial charge in [-0.2, -0.15) is 4.31 Å². The molecule has 0 saturated heterocycles. The molecule has 2 rings (SSSR count). The van der Waals surface area contributed by atoms with E-state index in [0.717, 1.165) is 42.9 Å². The van der Waals surface area contributed by atoms with Crippen molar-refractivity contribution < 1.29 is 8.42 Å². The molecule has 6 heteroatoms. The van der Waals surface area contributed by atoms with Crippen LogP contribution >= 0.6 is 22.9 Å². The zero-order chi connectivity index (χ0) is 14.8. The summed E-state index contributed by atoms with van der Waals surface area (Å²) in [6.45, 7) is 2.24. The quantitative estimate of drug-likeness (QED) is 0.769. The second kappa shape index (κ2) is 6.77. The van der Waals surface area contributed by atoms with E-state index in [9.17, 15) is 8.42 Å². The van der Waals surface area contributed by atoms with Crippen LogP contribution in [0.15, 0.2) is 16.3 Å². The largest absolute Gasteiger partial charge is 0.252 e. The Bertz CT molecular complexity index is 533. The Morgan fingerprint density at radius 2 is 1.95 bits per heavy atom. The molecule has 20 heavy (non-hydrogen) atoms. The van der Waals surface area contributed by atoms with Crippen LogP contribution in [0.25, 0.3) is 0 Å². The molecule has 1 aliphatic carbocycles. The molecule has 114 valence electrons. The average molecular weight is 336 g/mol. The van der Waals surface area contributed by atoms with Crippen LogP contribution < -0.4 is 0 Å². The SMILES string of the molecule is CC1CCC(N(C)S(=O)(=O)c2ccc(CCCl)s2)CC1. The number of hydrogen-bond donors (Lipinski definition) is 0. The fourth-order valence-electron chi connectivity index (χ4n) is 2.67. The maximum absolute atomic E-state index is 12.6. The first kappa shape index (κ1) is 16.3. The highest BCUT2D eigenvalue weighted by Gasteiger charge is 2.31. The van der Waals surface area contributed by atoms with Gasteiger partial charge in [0.2, 0.25) is 0 Å². The lowest BCUT2D eigenvalue weighted by Crippen LogP contribution is -2.38. The number of alkyl halides is 1. The van der Waals surface area contributed by atoms with Gasteiger partial charge in [-0.15, -0.1) is 22.9 Å². The van der Waals surface area contributed by atoms with Gasteiger partial charge in [-0.25, -0.2) is 8.42 Å². The van der Waals surface area contributed by atoms with Crippen molar-refractivity contribution >= 4 is 33.0 Å². The predicted molar refractivity (Wildman–Crippen MR) is 85.1 cm³/mol. The van der Waals surface area contributed by atoms with Gasteiger partial charge in [0.25, 0.3) is 10.0 Å². The Morgan fingerprint density at radius 3 is 2.55 bits per heavy atom. The molecule has 1 saturated carbocycles. The third-order valence-corrected chi connectivity index (χ3v) is 7.82. The molecule has 1 aromatic rings. The molecule has 3 nitrogen and oxygen atoms in total. The molecule has 1 heterocycles. The van der Waals surface area contributed by atoms with Crippen LogP contribution in [0.5, 0.6) is 0 Å². The lowest BCUT2D eigenvalue weighted by molar-refractivity contribution is 0.246. The van der Waals surface area contributed by atoms with E-state index >= 15 is 0 Å². The van der Waals surface area contributed by atoms with Crippen molar-refractivity contribution in [1.29, 1.82) is 0 Å². The van der Waals surface area contributed by atoms with Gasteiger partial charge in [0.15, 0.2) is 0 Å². The second-order valence-electron chi connectivity index (χ2n) is 5.59. The van der Waals surface area contributed by atoms with Gasteiger partial charge in [-0.05, 0) is 50.2 Å².